The van der Waals surface area contributed by atoms with Crippen LogP contribution in [0, 0.1) is 13.8 Å². The van der Waals surface area contributed by atoms with Crippen molar-refractivity contribution in [1.82, 2.24) is 28.9 Å². The number of aryl methyl sites for hydroxylation is 2. The molecule has 0 unspecified atom stereocenters. The van der Waals surface area contributed by atoms with Gasteiger partial charge in [0.25, 0.3) is 5.91 Å². The summed E-state index contributed by atoms with van der Waals surface area (Å²) in [7, 11) is 2.67. The van der Waals surface area contributed by atoms with Gasteiger partial charge in [-0.1, -0.05) is 5.16 Å². The van der Waals surface area contributed by atoms with Crippen molar-refractivity contribution in [3.63, 3.8) is 0 Å². The summed E-state index contributed by atoms with van der Waals surface area (Å²) in [6.07, 6.45) is 2.92. The molecule has 3 aromatic rings. The summed E-state index contributed by atoms with van der Waals surface area (Å²) in [4.78, 5) is 36.9. The van der Waals surface area contributed by atoms with Crippen molar-refractivity contribution in [2.24, 2.45) is 7.05 Å². The van der Waals surface area contributed by atoms with Crippen molar-refractivity contribution in [2.45, 2.75) is 20.4 Å². The van der Waals surface area contributed by atoms with E-state index in [1.54, 1.807) is 17.8 Å². The maximum Gasteiger partial charge on any atom is 0.359 e. The number of methoxy groups -OCH3 is 1. The lowest BCUT2D eigenvalue weighted by Crippen LogP contribution is -2.33. The van der Waals surface area contributed by atoms with Crippen LogP contribution in [0.3, 0.4) is 0 Å². The Kier molecular flexibility index (Phi) is 4.47. The fraction of sp³-hybridized carbons (Fsp3) is 0.400. The summed E-state index contributed by atoms with van der Waals surface area (Å²) in [5, 5.41) is 8.05. The van der Waals surface area contributed by atoms with Gasteiger partial charge < -0.3 is 9.26 Å². The van der Waals surface area contributed by atoms with Crippen LogP contribution in [0.2, 0.25) is 0 Å². The van der Waals surface area contributed by atoms with Gasteiger partial charge in [-0.25, -0.2) is 18.8 Å². The molecule has 0 fully saturated rings. The van der Waals surface area contributed by atoms with E-state index < -0.39 is 17.3 Å². The Labute approximate surface area is 147 Å². The van der Waals surface area contributed by atoms with E-state index >= 15 is 0 Å². The topological polar surface area (TPSA) is 119 Å². The molecule has 0 aliphatic rings. The van der Waals surface area contributed by atoms with E-state index in [-0.39, 0.29) is 12.3 Å². The van der Waals surface area contributed by atoms with Crippen molar-refractivity contribution in [2.75, 3.05) is 13.7 Å². The highest BCUT2D eigenvalue weighted by molar-refractivity contribution is 5.79. The lowest BCUT2D eigenvalue weighted by atomic mass is 10.2. The maximum absolute atomic E-state index is 12.5. The molecule has 0 N–H and O–H groups in total. The highest BCUT2D eigenvalue weighted by atomic mass is 16.5. The number of aromatic nitrogens is 6. The molecule has 3 aromatic heterocycles. The normalized spacial score (nSPS) is 11.2. The molecule has 3 rings (SSSR count). The Morgan fingerprint density at radius 1 is 1.27 bits per heavy atom. The minimum Gasteiger partial charge on any atom is -0.375 e. The first-order valence-corrected chi connectivity index (χ1v) is 7.73. The summed E-state index contributed by atoms with van der Waals surface area (Å²) in [6.45, 7) is 3.67. The van der Waals surface area contributed by atoms with Gasteiger partial charge >= 0.3 is 11.4 Å². The SMILES string of the molecule is COCC(=O)n1c(=O)n(-c2cnn(Cc3c(C)noc3C)c2)c(=O)n1C. The number of nitrogens with zero attached hydrogens (tertiary/aromatic N) is 6. The minimum atomic E-state index is -0.781. The van der Waals surface area contributed by atoms with Crippen LogP contribution in [0.25, 0.3) is 5.69 Å². The van der Waals surface area contributed by atoms with E-state index in [1.807, 2.05) is 6.92 Å². The predicted octanol–water partition coefficient (Wildman–Crippen LogP) is -0.526. The number of hydrogen-bond acceptors (Lipinski definition) is 7. The van der Waals surface area contributed by atoms with Crippen molar-refractivity contribution >= 4 is 5.91 Å². The molecule has 0 atom stereocenters. The molecule has 138 valence electrons. The van der Waals surface area contributed by atoms with E-state index in [9.17, 15) is 14.4 Å². The second-order valence-electron chi connectivity index (χ2n) is 5.76. The quantitative estimate of drug-likeness (QED) is 0.599. The molecular formula is C15H18N6O5. The van der Waals surface area contributed by atoms with Crippen LogP contribution in [0.5, 0.6) is 0 Å². The number of hydrogen-bond donors (Lipinski definition) is 0. The van der Waals surface area contributed by atoms with Gasteiger partial charge in [0, 0.05) is 25.9 Å². The third-order valence-corrected chi connectivity index (χ3v) is 4.02. The lowest BCUT2D eigenvalue weighted by molar-refractivity contribution is 0.0724. The van der Waals surface area contributed by atoms with Crippen molar-refractivity contribution in [3.8, 4) is 5.69 Å². The van der Waals surface area contributed by atoms with E-state index in [0.29, 0.717) is 12.3 Å². The summed E-state index contributed by atoms with van der Waals surface area (Å²) in [5.74, 6) is 0.0305. The zero-order chi connectivity index (χ0) is 19.0. The molecule has 0 amide bonds. The van der Waals surface area contributed by atoms with Crippen LogP contribution < -0.4 is 11.4 Å². The number of rotatable bonds is 5. The first kappa shape index (κ1) is 17.6. The summed E-state index contributed by atoms with van der Waals surface area (Å²) < 4.78 is 14.0. The van der Waals surface area contributed by atoms with Crippen molar-refractivity contribution in [3.05, 3.63) is 50.4 Å². The van der Waals surface area contributed by atoms with Gasteiger partial charge in [0.2, 0.25) is 0 Å². The standard InChI is InChI=1S/C15H18N6O5/c1-9-12(10(2)26-17-9)7-19-6-11(5-16-19)20-14(23)18(3)21(15(20)24)13(22)8-25-4/h5-6H,7-8H2,1-4H3. The maximum atomic E-state index is 12.5. The fourth-order valence-corrected chi connectivity index (χ4v) is 2.66. The molecule has 11 heteroatoms. The fourth-order valence-electron chi connectivity index (χ4n) is 2.66. The molecule has 11 nitrogen and oxygen atoms in total. The van der Waals surface area contributed by atoms with Gasteiger partial charge in [0.05, 0.1) is 24.1 Å². The van der Waals surface area contributed by atoms with Crippen LogP contribution in [-0.2, 0) is 18.3 Å². The summed E-state index contributed by atoms with van der Waals surface area (Å²) >= 11 is 0. The smallest absolute Gasteiger partial charge is 0.359 e. The molecule has 0 radical (unpaired) electrons. The van der Waals surface area contributed by atoms with Crippen LogP contribution >= 0.6 is 0 Å². The monoisotopic (exact) mass is 362 g/mol. The lowest BCUT2D eigenvalue weighted by Gasteiger charge is -2.01. The molecule has 0 aliphatic heterocycles. The molecule has 0 spiro atoms. The van der Waals surface area contributed by atoms with E-state index in [4.69, 9.17) is 9.26 Å². The number of carbonyl (C=O) groups is 1. The Hall–Kier alpha value is -3.21. The Balaban J connectivity index is 2.00. The summed E-state index contributed by atoms with van der Waals surface area (Å²) in [6, 6.07) is 0. The van der Waals surface area contributed by atoms with Crippen LogP contribution in [0.15, 0.2) is 26.5 Å². The molecule has 0 aromatic carbocycles. The molecule has 0 saturated heterocycles. The van der Waals surface area contributed by atoms with Gasteiger partial charge in [0.15, 0.2) is 0 Å². The zero-order valence-corrected chi connectivity index (χ0v) is 14.8. The third kappa shape index (κ3) is 2.81. The molecule has 0 bridgehead atoms. The van der Waals surface area contributed by atoms with Gasteiger partial charge in [-0.2, -0.15) is 9.78 Å². The average molecular weight is 362 g/mol. The van der Waals surface area contributed by atoms with Crippen molar-refractivity contribution in [1.29, 1.82) is 0 Å². The first-order chi connectivity index (χ1) is 12.3. The Morgan fingerprint density at radius 3 is 2.62 bits per heavy atom. The second-order valence-corrected chi connectivity index (χ2v) is 5.76. The van der Waals surface area contributed by atoms with Crippen molar-refractivity contribution < 1.29 is 14.1 Å². The van der Waals surface area contributed by atoms with E-state index in [2.05, 4.69) is 10.3 Å². The Bertz CT molecular complexity index is 1060. The first-order valence-electron chi connectivity index (χ1n) is 7.73. The highest BCUT2D eigenvalue weighted by Gasteiger charge is 2.21. The highest BCUT2D eigenvalue weighted by Crippen LogP contribution is 2.14. The van der Waals surface area contributed by atoms with Gasteiger partial charge in [-0.15, -0.1) is 0 Å². The third-order valence-electron chi connectivity index (χ3n) is 4.02. The molecule has 26 heavy (non-hydrogen) atoms. The summed E-state index contributed by atoms with van der Waals surface area (Å²) in [5.41, 5.74) is 0.427. The van der Waals surface area contributed by atoms with Gasteiger partial charge in [0.1, 0.15) is 12.4 Å². The minimum absolute atomic E-state index is 0.256. The van der Waals surface area contributed by atoms with Gasteiger partial charge in [-0.3, -0.25) is 9.48 Å². The van der Waals surface area contributed by atoms with Crippen LogP contribution in [0.4, 0.5) is 0 Å². The van der Waals surface area contributed by atoms with Crippen LogP contribution in [-0.4, -0.2) is 48.5 Å². The zero-order valence-electron chi connectivity index (χ0n) is 14.8. The van der Waals surface area contributed by atoms with Crippen LogP contribution in [0.1, 0.15) is 21.8 Å². The second kappa shape index (κ2) is 6.59. The van der Waals surface area contributed by atoms with Gasteiger partial charge in [-0.05, 0) is 13.8 Å². The molecule has 0 aliphatic carbocycles. The number of carbonyl (C=O) groups excluding carboxylic acids is 1. The van der Waals surface area contributed by atoms with E-state index in [0.717, 1.165) is 25.2 Å². The molecule has 3 heterocycles. The average Bonchev–Trinajstić information content (AvgIpc) is 3.23. The predicted molar refractivity (Wildman–Crippen MR) is 88.6 cm³/mol. The largest absolute Gasteiger partial charge is 0.375 e. The Morgan fingerprint density at radius 2 is 2.00 bits per heavy atom. The molecular weight excluding hydrogens is 344 g/mol. The molecule has 0 saturated carbocycles. The number of ether oxygens (including phenoxy) is 1. The van der Waals surface area contributed by atoms with E-state index in [1.165, 1.54) is 20.4 Å².